The van der Waals surface area contributed by atoms with Crippen LogP contribution in [0.25, 0.3) is 0 Å². The molecule has 316 valence electrons. The van der Waals surface area contributed by atoms with E-state index in [2.05, 4.69) is 47.9 Å². The molecule has 2 aromatic carbocycles. The summed E-state index contributed by atoms with van der Waals surface area (Å²) in [6, 6.07) is 37.0. The van der Waals surface area contributed by atoms with E-state index >= 15 is 0 Å². The molecule has 61 heavy (non-hydrogen) atoms. The average molecular weight is 822 g/mol. The number of hydrogen-bond donors (Lipinski definition) is 1. The molecule has 0 radical (unpaired) electrons. The lowest BCUT2D eigenvalue weighted by Gasteiger charge is -2.27. The number of carbonyl (C=O) groups is 2. The van der Waals surface area contributed by atoms with E-state index in [1.54, 1.807) is 29.2 Å². The SMILES string of the molecule is CC(C)(C)OC(=O)N(CCCCOc1cc(CN(Cc2ccccn2)Cc2ccccn2)cc(CN(Cc2ccccn2)Cc2ccccn2)c1)Cc1ccc(C(=O)O)cc1. The molecule has 6 aromatic rings. The summed E-state index contributed by atoms with van der Waals surface area (Å²) < 4.78 is 12.3. The van der Waals surface area contributed by atoms with E-state index in [9.17, 15) is 14.7 Å². The van der Waals surface area contributed by atoms with Crippen LogP contribution >= 0.6 is 0 Å². The highest BCUT2D eigenvalue weighted by molar-refractivity contribution is 5.87. The van der Waals surface area contributed by atoms with Gasteiger partial charge in [-0.2, -0.15) is 0 Å². The highest BCUT2D eigenvalue weighted by Gasteiger charge is 2.22. The van der Waals surface area contributed by atoms with Gasteiger partial charge in [-0.05, 0) is 123 Å². The van der Waals surface area contributed by atoms with Crippen molar-refractivity contribution in [2.45, 2.75) is 85.0 Å². The molecule has 4 aromatic heterocycles. The molecule has 0 aliphatic carbocycles. The van der Waals surface area contributed by atoms with Crippen LogP contribution in [0.15, 0.2) is 140 Å². The van der Waals surface area contributed by atoms with Crippen LogP contribution in [0.2, 0.25) is 0 Å². The minimum Gasteiger partial charge on any atom is -0.494 e. The van der Waals surface area contributed by atoms with E-state index in [-0.39, 0.29) is 5.56 Å². The predicted octanol–water partition coefficient (Wildman–Crippen LogP) is 8.97. The van der Waals surface area contributed by atoms with E-state index in [1.807, 2.05) is 118 Å². The minimum absolute atomic E-state index is 0.195. The van der Waals surface area contributed by atoms with Crippen LogP contribution in [0, 0.1) is 0 Å². The zero-order chi connectivity index (χ0) is 42.9. The van der Waals surface area contributed by atoms with Crippen molar-refractivity contribution in [1.82, 2.24) is 34.6 Å². The number of amides is 1. The highest BCUT2D eigenvalue weighted by Crippen LogP contribution is 2.24. The number of carboxylic acids is 1. The van der Waals surface area contributed by atoms with Gasteiger partial charge in [0.1, 0.15) is 11.4 Å². The summed E-state index contributed by atoms with van der Waals surface area (Å²) in [6.07, 6.45) is 8.23. The number of pyridine rings is 4. The normalized spacial score (nSPS) is 11.4. The summed E-state index contributed by atoms with van der Waals surface area (Å²) in [7, 11) is 0. The number of rotatable bonds is 21. The summed E-state index contributed by atoms with van der Waals surface area (Å²) in [5.41, 5.74) is 6.43. The van der Waals surface area contributed by atoms with Crippen LogP contribution < -0.4 is 4.74 Å². The molecule has 1 amide bonds. The van der Waals surface area contributed by atoms with Crippen molar-refractivity contribution in [3.05, 3.63) is 185 Å². The average Bonchev–Trinajstić information content (AvgIpc) is 3.24. The van der Waals surface area contributed by atoms with Gasteiger partial charge in [0.2, 0.25) is 0 Å². The molecule has 0 fully saturated rings. The number of carboxylic acid groups (broad SMARTS) is 1. The van der Waals surface area contributed by atoms with Crippen molar-refractivity contribution in [3.63, 3.8) is 0 Å². The summed E-state index contributed by atoms with van der Waals surface area (Å²) in [4.78, 5) is 49.5. The zero-order valence-electron chi connectivity index (χ0n) is 35.3. The van der Waals surface area contributed by atoms with Crippen molar-refractivity contribution in [2.75, 3.05) is 13.2 Å². The van der Waals surface area contributed by atoms with Gasteiger partial charge in [0.05, 0.1) is 34.9 Å². The van der Waals surface area contributed by atoms with Gasteiger partial charge < -0.3 is 19.5 Å². The number of unbranched alkanes of at least 4 members (excludes halogenated alkanes) is 1. The molecule has 0 aliphatic heterocycles. The maximum atomic E-state index is 13.3. The Morgan fingerprint density at radius 2 is 1.02 bits per heavy atom. The van der Waals surface area contributed by atoms with Crippen molar-refractivity contribution in [1.29, 1.82) is 0 Å². The molecule has 12 nitrogen and oxygen atoms in total. The van der Waals surface area contributed by atoms with Gasteiger partial charge in [0.25, 0.3) is 0 Å². The van der Waals surface area contributed by atoms with E-state index in [0.717, 1.165) is 45.2 Å². The smallest absolute Gasteiger partial charge is 0.410 e. The van der Waals surface area contributed by atoms with Crippen LogP contribution in [0.3, 0.4) is 0 Å². The molecular formula is C49H55N7O5. The third-order valence-electron chi connectivity index (χ3n) is 9.60. The van der Waals surface area contributed by atoms with E-state index in [4.69, 9.17) is 9.47 Å². The Balaban J connectivity index is 1.20. The second kappa shape index (κ2) is 22.2. The summed E-state index contributed by atoms with van der Waals surface area (Å²) in [6.45, 7) is 10.5. The Labute approximate surface area is 358 Å². The Hall–Kier alpha value is -6.50. The van der Waals surface area contributed by atoms with Crippen molar-refractivity contribution >= 4 is 12.1 Å². The summed E-state index contributed by atoms with van der Waals surface area (Å²) in [5.74, 6) is -0.230. The van der Waals surface area contributed by atoms with Crippen LogP contribution in [0.5, 0.6) is 5.75 Å². The molecule has 6 rings (SSSR count). The van der Waals surface area contributed by atoms with E-state index in [0.29, 0.717) is 71.8 Å². The predicted molar refractivity (Wildman–Crippen MR) is 234 cm³/mol. The second-order valence-electron chi connectivity index (χ2n) is 16.0. The van der Waals surface area contributed by atoms with E-state index in [1.165, 1.54) is 0 Å². The first-order valence-electron chi connectivity index (χ1n) is 20.6. The van der Waals surface area contributed by atoms with Crippen LogP contribution in [0.4, 0.5) is 4.79 Å². The number of ether oxygens (including phenoxy) is 2. The topological polar surface area (TPSA) is 134 Å². The van der Waals surface area contributed by atoms with Gasteiger partial charge in [-0.3, -0.25) is 29.7 Å². The molecule has 0 spiro atoms. The summed E-state index contributed by atoms with van der Waals surface area (Å²) in [5, 5.41) is 9.34. The number of aromatic carboxylic acids is 1. The third kappa shape index (κ3) is 15.2. The minimum atomic E-state index is -0.995. The monoisotopic (exact) mass is 821 g/mol. The van der Waals surface area contributed by atoms with E-state index < -0.39 is 17.7 Å². The molecule has 0 unspecified atom stereocenters. The third-order valence-corrected chi connectivity index (χ3v) is 9.60. The first-order valence-corrected chi connectivity index (χ1v) is 20.6. The molecule has 0 atom stereocenters. The van der Waals surface area contributed by atoms with Gasteiger partial charge >= 0.3 is 12.1 Å². The number of hydrogen-bond acceptors (Lipinski definition) is 10. The standard InChI is InChI=1S/C49H55N7O5/c1-49(2,3)61-48(59)56(33-38-18-20-41(21-19-38)47(57)58)26-12-13-27-60-46-29-39(31-54(34-42-14-4-8-22-50-42)35-43-15-5-9-23-51-43)28-40(30-46)32-55(36-44-16-6-10-24-52-44)37-45-17-7-11-25-53-45/h4-11,14-25,28-30H,12-13,26-27,31-37H2,1-3H3,(H,57,58). The van der Waals surface area contributed by atoms with Gasteiger partial charge in [-0.15, -0.1) is 0 Å². The lowest BCUT2D eigenvalue weighted by molar-refractivity contribution is 0.0228. The Morgan fingerprint density at radius 3 is 1.41 bits per heavy atom. The molecule has 0 aliphatic rings. The van der Waals surface area contributed by atoms with Crippen molar-refractivity contribution < 1.29 is 24.2 Å². The lowest BCUT2D eigenvalue weighted by Crippen LogP contribution is -2.37. The first-order chi connectivity index (χ1) is 29.5. The molecule has 4 heterocycles. The maximum Gasteiger partial charge on any atom is 0.410 e. The fourth-order valence-corrected chi connectivity index (χ4v) is 6.86. The first kappa shape index (κ1) is 44.1. The Kier molecular flexibility index (Phi) is 16.0. The number of carbonyl (C=O) groups excluding carboxylic acids is 1. The Morgan fingerprint density at radius 1 is 0.557 bits per heavy atom. The van der Waals surface area contributed by atoms with Gasteiger partial charge in [0, 0.05) is 77.1 Å². The maximum absolute atomic E-state index is 13.3. The largest absolute Gasteiger partial charge is 0.494 e. The molecular weight excluding hydrogens is 767 g/mol. The fourth-order valence-electron chi connectivity index (χ4n) is 6.86. The number of benzene rings is 2. The molecule has 0 bridgehead atoms. The van der Waals surface area contributed by atoms with Crippen LogP contribution in [-0.4, -0.2) is 70.6 Å². The highest BCUT2D eigenvalue weighted by atomic mass is 16.6. The molecule has 12 heteroatoms. The quantitative estimate of drug-likeness (QED) is 0.0698. The summed E-state index contributed by atoms with van der Waals surface area (Å²) >= 11 is 0. The molecule has 0 saturated carbocycles. The Bertz CT molecular complexity index is 2050. The van der Waals surface area contributed by atoms with Crippen LogP contribution in [-0.2, 0) is 50.6 Å². The van der Waals surface area contributed by atoms with Gasteiger partial charge in [0.15, 0.2) is 0 Å². The zero-order valence-corrected chi connectivity index (χ0v) is 35.3. The van der Waals surface area contributed by atoms with Gasteiger partial charge in [-0.25, -0.2) is 9.59 Å². The second-order valence-corrected chi connectivity index (χ2v) is 16.0. The molecule has 0 saturated heterocycles. The lowest BCUT2D eigenvalue weighted by atomic mass is 10.1. The number of nitrogens with zero attached hydrogens (tertiary/aromatic N) is 7. The van der Waals surface area contributed by atoms with Crippen molar-refractivity contribution in [3.8, 4) is 5.75 Å². The van der Waals surface area contributed by atoms with Gasteiger partial charge in [-0.1, -0.05) is 42.5 Å². The number of aromatic nitrogens is 4. The van der Waals surface area contributed by atoms with Crippen LogP contribution in [0.1, 0.15) is 83.4 Å². The molecule has 1 N–H and O–H groups in total. The fraction of sp³-hybridized carbons (Fsp3) is 0.306. The van der Waals surface area contributed by atoms with Crippen molar-refractivity contribution in [2.24, 2.45) is 0 Å².